The third kappa shape index (κ3) is 5.04. The third-order valence-electron chi connectivity index (χ3n) is 4.62. The first-order valence-corrected chi connectivity index (χ1v) is 9.16. The van der Waals surface area contributed by atoms with Crippen molar-refractivity contribution in [1.29, 1.82) is 5.26 Å². The maximum Gasteiger partial charge on any atom is 0.306 e. The molecule has 0 saturated carbocycles. The summed E-state index contributed by atoms with van der Waals surface area (Å²) in [5.74, 6) is -1.21. The van der Waals surface area contributed by atoms with Crippen LogP contribution in [0.2, 0.25) is 0 Å². The number of fused-ring (bicyclic) bond motifs is 1. The molecule has 6 nitrogen and oxygen atoms in total. The van der Waals surface area contributed by atoms with Crippen LogP contribution in [0, 0.1) is 11.3 Å². The number of hydrogen-bond acceptors (Lipinski definition) is 5. The van der Waals surface area contributed by atoms with Gasteiger partial charge in [-0.1, -0.05) is 18.2 Å². The molecule has 1 aliphatic carbocycles. The van der Waals surface area contributed by atoms with Gasteiger partial charge in [-0.25, -0.2) is 0 Å². The lowest BCUT2D eigenvalue weighted by molar-refractivity contribution is -0.147. The molecule has 0 heterocycles. The number of rotatable bonds is 7. The Balaban J connectivity index is 1.42. The highest BCUT2D eigenvalue weighted by molar-refractivity contribution is 5.98. The lowest BCUT2D eigenvalue weighted by atomic mass is 10.0. The van der Waals surface area contributed by atoms with Gasteiger partial charge in [0.05, 0.1) is 18.1 Å². The quantitative estimate of drug-likeness (QED) is 0.591. The minimum atomic E-state index is -0.601. The summed E-state index contributed by atoms with van der Waals surface area (Å²) in [5, 5.41) is 11.4. The van der Waals surface area contributed by atoms with Crippen molar-refractivity contribution in [2.24, 2.45) is 0 Å². The maximum atomic E-state index is 12.3. The summed E-state index contributed by atoms with van der Waals surface area (Å²) in [6.07, 6.45) is 3.13. The predicted octanol–water partition coefficient (Wildman–Crippen LogP) is 3.19. The Hall–Kier alpha value is -3.46. The molecule has 28 heavy (non-hydrogen) atoms. The molecule has 0 saturated heterocycles. The van der Waals surface area contributed by atoms with Gasteiger partial charge in [0.2, 0.25) is 0 Å². The summed E-state index contributed by atoms with van der Waals surface area (Å²) in [6, 6.07) is 14.1. The van der Waals surface area contributed by atoms with Crippen molar-refractivity contribution in [3.63, 3.8) is 0 Å². The summed E-state index contributed by atoms with van der Waals surface area (Å²) in [4.78, 5) is 35.9. The molecule has 142 valence electrons. The average molecular weight is 376 g/mol. The van der Waals surface area contributed by atoms with Gasteiger partial charge in [0.15, 0.2) is 12.4 Å². The summed E-state index contributed by atoms with van der Waals surface area (Å²) in [5.41, 5.74) is 3.99. The van der Waals surface area contributed by atoms with E-state index in [4.69, 9.17) is 10.00 Å². The Kier molecular flexibility index (Phi) is 6.18. The van der Waals surface area contributed by atoms with Gasteiger partial charge in [-0.3, -0.25) is 14.4 Å². The number of aryl methyl sites for hydroxylation is 2. The average Bonchev–Trinajstić information content (AvgIpc) is 3.18. The van der Waals surface area contributed by atoms with Gasteiger partial charge < -0.3 is 10.1 Å². The highest BCUT2D eigenvalue weighted by atomic mass is 16.5. The number of hydrogen-bond donors (Lipinski definition) is 1. The molecule has 0 bridgehead atoms. The fraction of sp³-hybridized carbons (Fsp3) is 0.273. The monoisotopic (exact) mass is 376 g/mol. The minimum absolute atomic E-state index is 0.0451. The number of ether oxygens (including phenoxy) is 1. The molecule has 2 aromatic rings. The van der Waals surface area contributed by atoms with Crippen LogP contribution in [0.25, 0.3) is 0 Å². The van der Waals surface area contributed by atoms with Crippen LogP contribution >= 0.6 is 0 Å². The third-order valence-corrected chi connectivity index (χ3v) is 4.62. The van der Waals surface area contributed by atoms with Crippen LogP contribution in [0.1, 0.15) is 46.3 Å². The molecule has 0 aliphatic heterocycles. The van der Waals surface area contributed by atoms with E-state index >= 15 is 0 Å². The number of ketones is 1. The zero-order valence-electron chi connectivity index (χ0n) is 15.4. The van der Waals surface area contributed by atoms with Gasteiger partial charge in [0, 0.05) is 17.7 Å². The van der Waals surface area contributed by atoms with E-state index in [9.17, 15) is 14.4 Å². The molecule has 1 amide bonds. The van der Waals surface area contributed by atoms with Crippen molar-refractivity contribution in [3.05, 3.63) is 64.7 Å². The van der Waals surface area contributed by atoms with Crippen LogP contribution in [0.4, 0.5) is 5.69 Å². The molecule has 0 radical (unpaired) electrons. The Labute approximate surface area is 163 Å². The number of carbonyl (C=O) groups excluding carboxylic acids is 3. The van der Waals surface area contributed by atoms with Crippen molar-refractivity contribution in [2.45, 2.75) is 32.1 Å². The van der Waals surface area contributed by atoms with Gasteiger partial charge in [0.25, 0.3) is 5.91 Å². The number of nitrogens with one attached hydrogen (secondary N) is 1. The van der Waals surface area contributed by atoms with Crippen LogP contribution < -0.4 is 5.32 Å². The van der Waals surface area contributed by atoms with Crippen LogP contribution in [0.5, 0.6) is 0 Å². The number of benzene rings is 2. The normalized spacial score (nSPS) is 12.0. The van der Waals surface area contributed by atoms with E-state index in [1.165, 1.54) is 17.2 Å². The number of nitriles is 1. The van der Waals surface area contributed by atoms with E-state index in [1.54, 1.807) is 24.3 Å². The topological polar surface area (TPSA) is 96.3 Å². The Morgan fingerprint density at radius 3 is 2.68 bits per heavy atom. The number of amides is 1. The molecule has 0 spiro atoms. The smallest absolute Gasteiger partial charge is 0.306 e. The Bertz CT molecular complexity index is 959. The van der Waals surface area contributed by atoms with Gasteiger partial charge in [-0.2, -0.15) is 5.26 Å². The number of carbonyl (C=O) groups is 3. The molecule has 1 aliphatic rings. The highest BCUT2D eigenvalue weighted by Crippen LogP contribution is 2.23. The molecule has 6 heteroatoms. The van der Waals surface area contributed by atoms with E-state index < -0.39 is 18.5 Å². The Morgan fingerprint density at radius 2 is 1.86 bits per heavy atom. The van der Waals surface area contributed by atoms with Gasteiger partial charge in [0.1, 0.15) is 0 Å². The van der Waals surface area contributed by atoms with E-state index in [1.807, 2.05) is 18.2 Å². The number of esters is 1. The number of anilines is 1. The fourth-order valence-electron chi connectivity index (χ4n) is 3.19. The second-order valence-corrected chi connectivity index (χ2v) is 6.66. The molecular weight excluding hydrogens is 356 g/mol. The first kappa shape index (κ1) is 19.3. The van der Waals surface area contributed by atoms with Crippen molar-refractivity contribution >= 4 is 23.3 Å². The van der Waals surface area contributed by atoms with Crippen LogP contribution in [0.15, 0.2) is 42.5 Å². The minimum Gasteiger partial charge on any atom is -0.456 e. The van der Waals surface area contributed by atoms with E-state index in [0.29, 0.717) is 16.8 Å². The van der Waals surface area contributed by atoms with Crippen LogP contribution in [-0.2, 0) is 27.2 Å². The van der Waals surface area contributed by atoms with Gasteiger partial charge >= 0.3 is 5.97 Å². The number of Topliss-reactive ketones (excluding diaryl/α,β-unsaturated/α-hetero) is 1. The van der Waals surface area contributed by atoms with Crippen LogP contribution in [0.3, 0.4) is 0 Å². The van der Waals surface area contributed by atoms with E-state index in [2.05, 4.69) is 5.32 Å². The first-order valence-electron chi connectivity index (χ1n) is 9.16. The van der Waals surface area contributed by atoms with Crippen molar-refractivity contribution in [3.8, 4) is 6.07 Å². The predicted molar refractivity (Wildman–Crippen MR) is 103 cm³/mol. The number of nitrogens with zero attached hydrogens (tertiary/aromatic N) is 1. The Morgan fingerprint density at radius 1 is 1.04 bits per heavy atom. The van der Waals surface area contributed by atoms with Gasteiger partial charge in [-0.05, 0) is 54.7 Å². The molecule has 3 rings (SSSR count). The lowest BCUT2D eigenvalue weighted by Gasteiger charge is -2.07. The molecule has 0 unspecified atom stereocenters. The fourth-order valence-corrected chi connectivity index (χ4v) is 3.19. The molecule has 0 fully saturated rings. The largest absolute Gasteiger partial charge is 0.456 e. The maximum absolute atomic E-state index is 12.3. The van der Waals surface area contributed by atoms with Crippen molar-refractivity contribution in [2.75, 3.05) is 11.9 Å². The molecule has 2 aromatic carbocycles. The first-order chi connectivity index (χ1) is 13.5. The standard InChI is InChI=1S/C22H20N2O4/c23-13-15-3-1-6-19(11-15)24-21(26)14-28-22(27)10-9-20(25)18-8-7-16-4-2-5-17(16)12-18/h1,3,6-8,11-12H,2,4-5,9-10,14H2,(H,24,26). The van der Waals surface area contributed by atoms with Gasteiger partial charge in [-0.15, -0.1) is 0 Å². The lowest BCUT2D eigenvalue weighted by Crippen LogP contribution is -2.21. The molecule has 0 aromatic heterocycles. The van der Waals surface area contributed by atoms with E-state index in [0.717, 1.165) is 19.3 Å². The summed E-state index contributed by atoms with van der Waals surface area (Å²) in [7, 11) is 0. The summed E-state index contributed by atoms with van der Waals surface area (Å²) in [6.45, 7) is -0.442. The van der Waals surface area contributed by atoms with Crippen LogP contribution in [-0.4, -0.2) is 24.3 Å². The highest BCUT2D eigenvalue weighted by Gasteiger charge is 2.16. The summed E-state index contributed by atoms with van der Waals surface area (Å²) >= 11 is 0. The molecular formula is C22H20N2O4. The second-order valence-electron chi connectivity index (χ2n) is 6.66. The SMILES string of the molecule is N#Cc1cccc(NC(=O)COC(=O)CCC(=O)c2ccc3c(c2)CCC3)c1. The van der Waals surface area contributed by atoms with Crippen molar-refractivity contribution < 1.29 is 19.1 Å². The molecule has 1 N–H and O–H groups in total. The second kappa shape index (κ2) is 8.96. The zero-order chi connectivity index (χ0) is 19.9. The van der Waals surface area contributed by atoms with E-state index in [-0.39, 0.29) is 18.6 Å². The molecule has 0 atom stereocenters. The van der Waals surface area contributed by atoms with Crippen molar-refractivity contribution in [1.82, 2.24) is 0 Å². The zero-order valence-corrected chi connectivity index (χ0v) is 15.4. The summed E-state index contributed by atoms with van der Waals surface area (Å²) < 4.78 is 4.92.